The van der Waals surface area contributed by atoms with E-state index in [-0.39, 0.29) is 0 Å². The number of fused-ring (bicyclic) bond motifs is 10. The summed E-state index contributed by atoms with van der Waals surface area (Å²) in [4.78, 5) is 14.9. The summed E-state index contributed by atoms with van der Waals surface area (Å²) in [6.07, 6.45) is 0. The molecule has 0 spiro atoms. The van der Waals surface area contributed by atoms with Crippen LogP contribution in [0.3, 0.4) is 0 Å². The zero-order chi connectivity index (χ0) is 33.5. The molecule has 0 unspecified atom stereocenters. The summed E-state index contributed by atoms with van der Waals surface area (Å²) in [5, 5.41) is 6.95. The molecular weight excluding hydrogens is 645 g/mol. The van der Waals surface area contributed by atoms with Crippen molar-refractivity contribution in [2.24, 2.45) is 0 Å². The van der Waals surface area contributed by atoms with E-state index in [4.69, 9.17) is 19.4 Å². The summed E-state index contributed by atoms with van der Waals surface area (Å²) in [6, 6.07) is 54.9. The van der Waals surface area contributed by atoms with Crippen LogP contribution >= 0.6 is 11.3 Å². The molecule has 0 saturated heterocycles. The SMILES string of the molecule is c1ccc(-c2nc(-c3ccccc3)nc(-c3cccc4c3oc3c4ccc4sc5cc(-n6c7ccccc7c7ccccc76)ccc5c43)n2)cc1. The minimum absolute atomic E-state index is 0.578. The third-order valence-electron chi connectivity index (χ3n) is 9.86. The molecule has 0 aliphatic rings. The van der Waals surface area contributed by atoms with E-state index < -0.39 is 0 Å². The van der Waals surface area contributed by atoms with Gasteiger partial charge in [-0.15, -0.1) is 11.3 Å². The van der Waals surface area contributed by atoms with Gasteiger partial charge in [-0.25, -0.2) is 15.0 Å². The molecule has 4 aromatic heterocycles. The Morgan fingerprint density at radius 1 is 0.431 bits per heavy atom. The van der Waals surface area contributed by atoms with Gasteiger partial charge in [-0.05, 0) is 42.5 Å². The van der Waals surface area contributed by atoms with Crippen molar-refractivity contribution >= 4 is 75.3 Å². The van der Waals surface area contributed by atoms with Gasteiger partial charge in [0.2, 0.25) is 0 Å². The van der Waals surface area contributed by atoms with Gasteiger partial charge >= 0.3 is 0 Å². The molecule has 7 aromatic carbocycles. The van der Waals surface area contributed by atoms with Gasteiger partial charge < -0.3 is 8.98 Å². The lowest BCUT2D eigenvalue weighted by molar-refractivity contribution is 0.673. The van der Waals surface area contributed by atoms with E-state index in [0.717, 1.165) is 49.7 Å². The van der Waals surface area contributed by atoms with Crippen molar-refractivity contribution in [2.45, 2.75) is 0 Å². The molecule has 238 valence electrons. The van der Waals surface area contributed by atoms with Crippen molar-refractivity contribution in [3.8, 4) is 39.9 Å². The molecule has 11 rings (SSSR count). The molecule has 0 bridgehead atoms. The van der Waals surface area contributed by atoms with Gasteiger partial charge in [0.1, 0.15) is 11.2 Å². The standard InChI is InChI=1S/C45H26N4OS/c1-3-12-27(13-4-1)43-46-44(28-14-5-2-6-15-28)48-45(47-43)35-19-11-18-32-33-24-25-38-40(42(33)50-41(32)35)34-23-22-29(26-39(34)51-38)49-36-20-9-7-16-30(36)31-17-8-10-21-37(31)49/h1-26H. The van der Waals surface area contributed by atoms with Gasteiger partial charge in [0.25, 0.3) is 0 Å². The molecule has 0 aliphatic carbocycles. The molecule has 0 fully saturated rings. The Morgan fingerprint density at radius 3 is 1.69 bits per heavy atom. The van der Waals surface area contributed by atoms with E-state index in [0.29, 0.717) is 17.5 Å². The topological polar surface area (TPSA) is 56.7 Å². The Morgan fingerprint density at radius 2 is 1.00 bits per heavy atom. The molecule has 0 N–H and O–H groups in total. The maximum Gasteiger partial charge on any atom is 0.167 e. The Labute approximate surface area is 295 Å². The first kappa shape index (κ1) is 28.2. The predicted octanol–water partition coefficient (Wildman–Crippen LogP) is 12.2. The summed E-state index contributed by atoms with van der Waals surface area (Å²) in [6.45, 7) is 0. The lowest BCUT2D eigenvalue weighted by Crippen LogP contribution is -2.00. The highest BCUT2D eigenvalue weighted by Gasteiger charge is 2.21. The molecule has 6 heteroatoms. The fourth-order valence-corrected chi connectivity index (χ4v) is 8.69. The van der Waals surface area contributed by atoms with Gasteiger partial charge in [-0.1, -0.05) is 115 Å². The number of para-hydroxylation sites is 3. The molecule has 0 saturated carbocycles. The molecular formula is C45H26N4OS. The quantitative estimate of drug-likeness (QED) is 0.187. The number of rotatable bonds is 4. The Balaban J connectivity index is 1.12. The maximum absolute atomic E-state index is 6.93. The maximum atomic E-state index is 6.93. The molecule has 0 atom stereocenters. The Kier molecular flexibility index (Phi) is 6.05. The van der Waals surface area contributed by atoms with Crippen molar-refractivity contribution in [2.75, 3.05) is 0 Å². The van der Waals surface area contributed by atoms with Crippen molar-refractivity contribution in [1.29, 1.82) is 0 Å². The monoisotopic (exact) mass is 670 g/mol. The van der Waals surface area contributed by atoms with Crippen molar-refractivity contribution in [3.05, 3.63) is 158 Å². The fourth-order valence-electron chi connectivity index (χ4n) is 7.55. The van der Waals surface area contributed by atoms with Crippen LogP contribution in [0.2, 0.25) is 0 Å². The molecule has 5 nitrogen and oxygen atoms in total. The number of nitrogens with zero attached hydrogens (tertiary/aromatic N) is 4. The zero-order valence-corrected chi connectivity index (χ0v) is 27.9. The first-order valence-electron chi connectivity index (χ1n) is 16.9. The summed E-state index contributed by atoms with van der Waals surface area (Å²) in [5.74, 6) is 1.82. The highest BCUT2D eigenvalue weighted by molar-refractivity contribution is 7.26. The van der Waals surface area contributed by atoms with Crippen molar-refractivity contribution < 1.29 is 4.42 Å². The van der Waals surface area contributed by atoms with E-state index in [1.54, 1.807) is 11.3 Å². The van der Waals surface area contributed by atoms with Gasteiger partial charge in [0, 0.05) is 58.5 Å². The van der Waals surface area contributed by atoms with Crippen LogP contribution in [0, 0.1) is 0 Å². The summed E-state index contributed by atoms with van der Waals surface area (Å²) >= 11 is 1.80. The molecule has 0 radical (unpaired) electrons. The molecule has 0 aliphatic heterocycles. The average molecular weight is 671 g/mol. The second-order valence-electron chi connectivity index (χ2n) is 12.8. The van der Waals surface area contributed by atoms with Crippen LogP contribution in [0.4, 0.5) is 0 Å². The molecule has 4 heterocycles. The average Bonchev–Trinajstić information content (AvgIpc) is 3.87. The van der Waals surface area contributed by atoms with E-state index in [2.05, 4.69) is 95.6 Å². The highest BCUT2D eigenvalue weighted by atomic mass is 32.1. The normalized spacial score (nSPS) is 11.9. The summed E-state index contributed by atoms with van der Waals surface area (Å²) in [5.41, 5.74) is 7.90. The summed E-state index contributed by atoms with van der Waals surface area (Å²) in [7, 11) is 0. The van der Waals surface area contributed by atoms with E-state index in [1.165, 1.54) is 36.6 Å². The lowest BCUT2D eigenvalue weighted by atomic mass is 10.1. The van der Waals surface area contributed by atoms with E-state index >= 15 is 0 Å². The predicted molar refractivity (Wildman–Crippen MR) is 211 cm³/mol. The Hall–Kier alpha value is -6.63. The lowest BCUT2D eigenvalue weighted by Gasteiger charge is -2.08. The van der Waals surface area contributed by atoms with Crippen LogP contribution in [-0.4, -0.2) is 19.5 Å². The van der Waals surface area contributed by atoms with Gasteiger partial charge in [-0.2, -0.15) is 0 Å². The largest absolute Gasteiger partial charge is 0.455 e. The first-order valence-corrected chi connectivity index (χ1v) is 17.8. The van der Waals surface area contributed by atoms with Crippen LogP contribution in [-0.2, 0) is 0 Å². The Bertz CT molecular complexity index is 3030. The van der Waals surface area contributed by atoms with Crippen LogP contribution < -0.4 is 0 Å². The number of benzene rings is 7. The van der Waals surface area contributed by atoms with Crippen LogP contribution in [0.1, 0.15) is 0 Å². The number of hydrogen-bond donors (Lipinski definition) is 0. The van der Waals surface area contributed by atoms with Gasteiger partial charge in [0.05, 0.1) is 16.6 Å². The van der Waals surface area contributed by atoms with Gasteiger partial charge in [0.15, 0.2) is 17.5 Å². The van der Waals surface area contributed by atoms with Crippen LogP contribution in [0.5, 0.6) is 0 Å². The minimum atomic E-state index is 0.578. The van der Waals surface area contributed by atoms with Crippen molar-refractivity contribution in [1.82, 2.24) is 19.5 Å². The number of furan rings is 1. The van der Waals surface area contributed by atoms with Crippen LogP contribution in [0.15, 0.2) is 162 Å². The smallest absolute Gasteiger partial charge is 0.167 e. The van der Waals surface area contributed by atoms with E-state index in [9.17, 15) is 0 Å². The highest BCUT2D eigenvalue weighted by Crippen LogP contribution is 2.44. The van der Waals surface area contributed by atoms with Crippen LogP contribution in [0.25, 0.3) is 104 Å². The second-order valence-corrected chi connectivity index (χ2v) is 13.9. The fraction of sp³-hybridized carbons (Fsp3) is 0. The van der Waals surface area contributed by atoms with E-state index in [1.807, 2.05) is 66.7 Å². The van der Waals surface area contributed by atoms with Gasteiger partial charge in [-0.3, -0.25) is 0 Å². The number of thiophene rings is 1. The molecule has 11 aromatic rings. The molecule has 0 amide bonds. The third kappa shape index (κ3) is 4.30. The number of aromatic nitrogens is 4. The molecule has 51 heavy (non-hydrogen) atoms. The minimum Gasteiger partial charge on any atom is -0.455 e. The zero-order valence-electron chi connectivity index (χ0n) is 27.1. The number of hydrogen-bond acceptors (Lipinski definition) is 5. The first-order chi connectivity index (χ1) is 25.3. The van der Waals surface area contributed by atoms with Crippen molar-refractivity contribution in [3.63, 3.8) is 0 Å². The summed E-state index contributed by atoms with van der Waals surface area (Å²) < 4.78 is 11.7. The second kappa shape index (κ2) is 10.9. The third-order valence-corrected chi connectivity index (χ3v) is 11.0.